The molecule has 0 unspecified atom stereocenters. The molecule has 1 aromatic heterocycles. The van der Waals surface area contributed by atoms with E-state index in [0.717, 1.165) is 0 Å². The number of fused-ring (bicyclic) bond motifs is 1. The van der Waals surface area contributed by atoms with Crippen molar-refractivity contribution in [1.29, 1.82) is 0 Å². The van der Waals surface area contributed by atoms with E-state index in [1.807, 2.05) is 0 Å². The molecule has 8 heteroatoms. The number of nitrogens with one attached hydrogen (secondary N) is 1. The van der Waals surface area contributed by atoms with Gasteiger partial charge in [0.15, 0.2) is 4.77 Å². The zero-order chi connectivity index (χ0) is 18.8. The topological polar surface area (TPSA) is 90.4 Å². The summed E-state index contributed by atoms with van der Waals surface area (Å²) < 4.78 is 10.8. The van der Waals surface area contributed by atoms with Gasteiger partial charge in [-0.15, -0.1) is 0 Å². The van der Waals surface area contributed by atoms with Crippen LogP contribution >= 0.6 is 12.2 Å². The van der Waals surface area contributed by atoms with Crippen molar-refractivity contribution >= 4 is 35.1 Å². The molecule has 1 N–H and O–H groups in total. The van der Waals surface area contributed by atoms with Crippen LogP contribution in [0, 0.1) is 4.77 Å². The fourth-order valence-electron chi connectivity index (χ4n) is 2.61. The van der Waals surface area contributed by atoms with E-state index in [-0.39, 0.29) is 27.1 Å². The number of ether oxygens (including phenoxy) is 2. The van der Waals surface area contributed by atoms with Gasteiger partial charge >= 0.3 is 11.9 Å². The molecule has 0 amide bonds. The first-order valence-corrected chi connectivity index (χ1v) is 7.93. The molecule has 7 nitrogen and oxygen atoms in total. The number of aromatic nitrogens is 2. The number of carbonyl (C=O) groups is 2. The standard InChI is InChI=1S/C18H14N2O5S/c1-24-16(22)10-7-11(17(23)25-2)9-12(8-10)20-15(21)13-5-3-4-6-14(13)19-18(20)26/h3-9H,1-2H3,(H,19,26). The molecule has 3 aromatic rings. The van der Waals surface area contributed by atoms with Gasteiger partial charge in [-0.2, -0.15) is 0 Å². The lowest BCUT2D eigenvalue weighted by Crippen LogP contribution is -2.21. The number of methoxy groups -OCH3 is 2. The molecule has 1 heterocycles. The first-order valence-electron chi connectivity index (χ1n) is 7.52. The van der Waals surface area contributed by atoms with Crippen LogP contribution in [0.15, 0.2) is 47.3 Å². The molecule has 132 valence electrons. The Morgan fingerprint density at radius 3 is 2.15 bits per heavy atom. The zero-order valence-electron chi connectivity index (χ0n) is 13.9. The largest absolute Gasteiger partial charge is 0.465 e. The van der Waals surface area contributed by atoms with Gasteiger partial charge in [0.25, 0.3) is 5.56 Å². The number of para-hydroxylation sites is 1. The molecule has 0 saturated heterocycles. The smallest absolute Gasteiger partial charge is 0.337 e. The highest BCUT2D eigenvalue weighted by atomic mass is 32.1. The Morgan fingerprint density at radius 2 is 1.58 bits per heavy atom. The third-order valence-corrected chi connectivity index (χ3v) is 4.11. The molecule has 2 aromatic carbocycles. The van der Waals surface area contributed by atoms with Crippen LogP contribution in [0.5, 0.6) is 0 Å². The Kier molecular flexibility index (Phi) is 4.68. The molecular weight excluding hydrogens is 356 g/mol. The summed E-state index contributed by atoms with van der Waals surface area (Å²) in [6, 6.07) is 11.1. The second kappa shape index (κ2) is 6.93. The molecule has 0 aliphatic rings. The molecule has 0 fully saturated rings. The van der Waals surface area contributed by atoms with E-state index >= 15 is 0 Å². The van der Waals surface area contributed by atoms with Crippen molar-refractivity contribution in [2.45, 2.75) is 0 Å². The minimum atomic E-state index is -0.652. The van der Waals surface area contributed by atoms with Crippen LogP contribution < -0.4 is 5.56 Å². The van der Waals surface area contributed by atoms with Gasteiger partial charge in [-0.25, -0.2) is 9.59 Å². The Hall–Kier alpha value is -3.26. The Bertz CT molecular complexity index is 1110. The maximum atomic E-state index is 12.9. The Morgan fingerprint density at radius 1 is 1.00 bits per heavy atom. The van der Waals surface area contributed by atoms with Crippen LogP contribution in [0.4, 0.5) is 0 Å². The summed E-state index contributed by atoms with van der Waals surface area (Å²) >= 11 is 5.30. The number of nitrogens with zero attached hydrogens (tertiary/aromatic N) is 1. The van der Waals surface area contributed by atoms with Gasteiger partial charge < -0.3 is 14.5 Å². The Labute approximate surface area is 152 Å². The lowest BCUT2D eigenvalue weighted by Gasteiger charge is -2.11. The number of carbonyl (C=O) groups excluding carboxylic acids is 2. The maximum Gasteiger partial charge on any atom is 0.337 e. The second-order valence-corrected chi connectivity index (χ2v) is 5.75. The first kappa shape index (κ1) is 17.6. The van der Waals surface area contributed by atoms with Crippen molar-refractivity contribution in [2.75, 3.05) is 14.2 Å². The number of benzene rings is 2. The molecule has 0 atom stereocenters. The van der Waals surface area contributed by atoms with E-state index in [9.17, 15) is 14.4 Å². The molecule has 3 rings (SSSR count). The van der Waals surface area contributed by atoms with Crippen molar-refractivity contribution in [3.05, 3.63) is 68.7 Å². The van der Waals surface area contributed by atoms with Crippen LogP contribution in [-0.4, -0.2) is 35.7 Å². The first-order chi connectivity index (χ1) is 12.5. The maximum absolute atomic E-state index is 12.9. The number of hydrogen-bond acceptors (Lipinski definition) is 6. The predicted octanol–water partition coefficient (Wildman–Crippen LogP) is 2.62. The van der Waals surface area contributed by atoms with Crippen LogP contribution in [0.25, 0.3) is 16.6 Å². The minimum absolute atomic E-state index is 0.0971. The third-order valence-electron chi connectivity index (χ3n) is 3.82. The van der Waals surface area contributed by atoms with Crippen molar-refractivity contribution < 1.29 is 19.1 Å². The molecule has 0 radical (unpaired) electrons. The predicted molar refractivity (Wildman–Crippen MR) is 97.4 cm³/mol. The zero-order valence-corrected chi connectivity index (χ0v) is 14.8. The van der Waals surface area contributed by atoms with E-state index in [2.05, 4.69) is 4.98 Å². The SMILES string of the molecule is COC(=O)c1cc(C(=O)OC)cc(-n2c(=S)[nH]c3ccccc3c2=O)c1. The van der Waals surface area contributed by atoms with Crippen LogP contribution in [0.2, 0.25) is 0 Å². The number of H-pyrrole nitrogens is 1. The Balaban J connectivity index is 2.35. The van der Waals surface area contributed by atoms with E-state index in [0.29, 0.717) is 10.9 Å². The fraction of sp³-hybridized carbons (Fsp3) is 0.111. The molecule has 0 saturated carbocycles. The molecule has 0 spiro atoms. The summed E-state index contributed by atoms with van der Waals surface area (Å²) in [5, 5.41) is 0.421. The van der Waals surface area contributed by atoms with Crippen LogP contribution in [0.3, 0.4) is 0 Å². The van der Waals surface area contributed by atoms with E-state index < -0.39 is 11.9 Å². The molecule has 0 aliphatic heterocycles. The molecule has 0 aliphatic carbocycles. The summed E-state index contributed by atoms with van der Waals surface area (Å²) in [7, 11) is 2.45. The quantitative estimate of drug-likeness (QED) is 0.563. The van der Waals surface area contributed by atoms with Gasteiger partial charge in [0.05, 0.1) is 41.9 Å². The summed E-state index contributed by atoms with van der Waals surface area (Å²) in [4.78, 5) is 39.8. The normalized spacial score (nSPS) is 10.5. The highest BCUT2D eigenvalue weighted by Gasteiger charge is 2.16. The van der Waals surface area contributed by atoms with Gasteiger partial charge in [-0.05, 0) is 42.5 Å². The summed E-state index contributed by atoms with van der Waals surface area (Å²) in [5.41, 5.74) is 0.670. The van der Waals surface area contributed by atoms with E-state index in [1.165, 1.54) is 37.0 Å². The monoisotopic (exact) mass is 370 g/mol. The van der Waals surface area contributed by atoms with Crippen molar-refractivity contribution in [2.24, 2.45) is 0 Å². The number of hydrogen-bond donors (Lipinski definition) is 1. The van der Waals surface area contributed by atoms with Gasteiger partial charge in [-0.1, -0.05) is 12.1 Å². The summed E-state index contributed by atoms with van der Waals surface area (Å²) in [5.74, 6) is -1.30. The van der Waals surface area contributed by atoms with Crippen LogP contribution in [0.1, 0.15) is 20.7 Å². The van der Waals surface area contributed by atoms with E-state index in [4.69, 9.17) is 21.7 Å². The third kappa shape index (κ3) is 3.02. The van der Waals surface area contributed by atoms with Crippen molar-refractivity contribution in [3.63, 3.8) is 0 Å². The molecule has 0 bridgehead atoms. The summed E-state index contributed by atoms with van der Waals surface area (Å²) in [6.45, 7) is 0. The summed E-state index contributed by atoms with van der Waals surface area (Å²) in [6.07, 6.45) is 0. The van der Waals surface area contributed by atoms with Gasteiger partial charge in [0, 0.05) is 0 Å². The van der Waals surface area contributed by atoms with Gasteiger partial charge in [0.2, 0.25) is 0 Å². The highest BCUT2D eigenvalue weighted by Crippen LogP contribution is 2.17. The molecular formula is C18H14N2O5S. The fourth-order valence-corrected chi connectivity index (χ4v) is 2.91. The van der Waals surface area contributed by atoms with Crippen molar-refractivity contribution in [1.82, 2.24) is 9.55 Å². The average Bonchev–Trinajstić information content (AvgIpc) is 2.66. The number of aromatic amines is 1. The van der Waals surface area contributed by atoms with Gasteiger partial charge in [-0.3, -0.25) is 9.36 Å². The number of esters is 2. The lowest BCUT2D eigenvalue weighted by atomic mass is 10.1. The van der Waals surface area contributed by atoms with Crippen LogP contribution in [-0.2, 0) is 9.47 Å². The van der Waals surface area contributed by atoms with Crippen molar-refractivity contribution in [3.8, 4) is 5.69 Å². The van der Waals surface area contributed by atoms with E-state index in [1.54, 1.807) is 24.3 Å². The number of rotatable bonds is 3. The average molecular weight is 370 g/mol. The lowest BCUT2D eigenvalue weighted by molar-refractivity contribution is 0.0599. The minimum Gasteiger partial charge on any atom is -0.465 e. The second-order valence-electron chi connectivity index (χ2n) is 5.37. The highest BCUT2D eigenvalue weighted by molar-refractivity contribution is 7.71. The molecule has 26 heavy (non-hydrogen) atoms. The van der Waals surface area contributed by atoms with Gasteiger partial charge in [0.1, 0.15) is 0 Å².